The number of amides is 1. The highest BCUT2D eigenvalue weighted by Crippen LogP contribution is 2.12. The van der Waals surface area contributed by atoms with Crippen molar-refractivity contribution in [2.45, 2.75) is 13.8 Å². The molecule has 1 saturated heterocycles. The lowest BCUT2D eigenvalue weighted by molar-refractivity contribution is -0.114. The highest BCUT2D eigenvalue weighted by atomic mass is 16.5. The molecule has 5 nitrogen and oxygen atoms in total. The molecule has 19 heavy (non-hydrogen) atoms. The third-order valence-corrected chi connectivity index (χ3v) is 2.88. The summed E-state index contributed by atoms with van der Waals surface area (Å²) in [6.07, 6.45) is 0. The number of morpholine rings is 1. The molecule has 0 aromatic heterocycles. The molecule has 1 aromatic carbocycles. The fraction of sp³-hybridized carbons (Fsp3) is 0.429. The van der Waals surface area contributed by atoms with Crippen molar-refractivity contribution in [2.75, 3.05) is 31.6 Å². The first-order valence-corrected chi connectivity index (χ1v) is 6.41. The van der Waals surface area contributed by atoms with E-state index in [1.165, 1.54) is 6.92 Å². The van der Waals surface area contributed by atoms with Gasteiger partial charge in [-0.15, -0.1) is 0 Å². The third kappa shape index (κ3) is 4.06. The van der Waals surface area contributed by atoms with Gasteiger partial charge in [-0.25, -0.2) is 0 Å². The molecule has 5 heteroatoms. The van der Waals surface area contributed by atoms with Crippen LogP contribution in [0.25, 0.3) is 0 Å². The van der Waals surface area contributed by atoms with E-state index in [4.69, 9.17) is 4.74 Å². The van der Waals surface area contributed by atoms with Gasteiger partial charge < -0.3 is 10.1 Å². The van der Waals surface area contributed by atoms with E-state index in [9.17, 15) is 4.79 Å². The molecule has 1 aliphatic heterocycles. The molecule has 0 unspecified atom stereocenters. The number of carbonyl (C=O) groups excluding carboxylic acids is 1. The van der Waals surface area contributed by atoms with Crippen LogP contribution >= 0.6 is 0 Å². The second-order valence-corrected chi connectivity index (χ2v) is 4.51. The molecule has 0 bridgehead atoms. The number of nitrogens with one attached hydrogen (secondary N) is 1. The van der Waals surface area contributed by atoms with Crippen molar-refractivity contribution in [3.8, 4) is 0 Å². The number of hydrazone groups is 1. The first-order valence-electron chi connectivity index (χ1n) is 6.41. The van der Waals surface area contributed by atoms with Gasteiger partial charge in [-0.05, 0) is 24.6 Å². The van der Waals surface area contributed by atoms with Crippen LogP contribution in [-0.2, 0) is 9.53 Å². The van der Waals surface area contributed by atoms with Gasteiger partial charge in [0.05, 0.1) is 32.0 Å². The summed E-state index contributed by atoms with van der Waals surface area (Å²) in [5.41, 5.74) is 2.74. The molecular formula is C14H19N3O2. The summed E-state index contributed by atoms with van der Waals surface area (Å²) in [7, 11) is 0. The van der Waals surface area contributed by atoms with Gasteiger partial charge in [0.2, 0.25) is 5.91 Å². The number of nitrogens with zero attached hydrogens (tertiary/aromatic N) is 2. The summed E-state index contributed by atoms with van der Waals surface area (Å²) in [5, 5.41) is 9.38. The molecule has 1 aromatic rings. The molecule has 0 spiro atoms. The van der Waals surface area contributed by atoms with Gasteiger partial charge >= 0.3 is 0 Å². The molecule has 0 saturated carbocycles. The maximum Gasteiger partial charge on any atom is 0.221 e. The Bertz CT molecular complexity index is 479. The number of hydrogen-bond acceptors (Lipinski definition) is 4. The van der Waals surface area contributed by atoms with Crippen LogP contribution in [0.2, 0.25) is 0 Å². The average Bonchev–Trinajstić information content (AvgIpc) is 2.39. The van der Waals surface area contributed by atoms with Crippen molar-refractivity contribution < 1.29 is 9.53 Å². The number of ether oxygens (including phenoxy) is 1. The van der Waals surface area contributed by atoms with Crippen LogP contribution in [0.4, 0.5) is 5.69 Å². The lowest BCUT2D eigenvalue weighted by Crippen LogP contribution is -2.33. The van der Waals surface area contributed by atoms with Crippen molar-refractivity contribution in [1.29, 1.82) is 0 Å². The topological polar surface area (TPSA) is 53.9 Å². The van der Waals surface area contributed by atoms with E-state index in [0.29, 0.717) is 0 Å². The molecule has 0 atom stereocenters. The van der Waals surface area contributed by atoms with Crippen molar-refractivity contribution >= 4 is 17.3 Å². The monoisotopic (exact) mass is 261 g/mol. The molecule has 1 heterocycles. The summed E-state index contributed by atoms with van der Waals surface area (Å²) < 4.78 is 5.29. The van der Waals surface area contributed by atoms with Crippen LogP contribution in [0, 0.1) is 0 Å². The van der Waals surface area contributed by atoms with Crippen LogP contribution in [0.3, 0.4) is 0 Å². The summed E-state index contributed by atoms with van der Waals surface area (Å²) in [5.74, 6) is -0.0695. The Hall–Kier alpha value is -1.88. The fourth-order valence-electron chi connectivity index (χ4n) is 1.95. The Morgan fingerprint density at radius 3 is 2.74 bits per heavy atom. The molecule has 0 aliphatic carbocycles. The predicted molar refractivity (Wildman–Crippen MR) is 75.3 cm³/mol. The molecular weight excluding hydrogens is 242 g/mol. The Morgan fingerprint density at radius 1 is 1.32 bits per heavy atom. The van der Waals surface area contributed by atoms with Crippen molar-refractivity contribution in [3.63, 3.8) is 0 Å². The molecule has 1 N–H and O–H groups in total. The predicted octanol–water partition coefficient (Wildman–Crippen LogP) is 1.70. The van der Waals surface area contributed by atoms with Gasteiger partial charge in [-0.1, -0.05) is 12.1 Å². The number of benzene rings is 1. The number of hydrogen-bond donors (Lipinski definition) is 1. The average molecular weight is 261 g/mol. The van der Waals surface area contributed by atoms with Gasteiger partial charge in [-0.3, -0.25) is 9.80 Å². The smallest absolute Gasteiger partial charge is 0.221 e. The van der Waals surface area contributed by atoms with E-state index in [-0.39, 0.29) is 5.91 Å². The SMILES string of the molecule is CC(=O)Nc1cccc(/C(C)=N/N2CCOCC2)c1. The minimum Gasteiger partial charge on any atom is -0.378 e. The van der Waals surface area contributed by atoms with E-state index in [1.807, 2.05) is 36.2 Å². The molecule has 1 aliphatic rings. The maximum atomic E-state index is 11.0. The highest BCUT2D eigenvalue weighted by molar-refractivity contribution is 6.00. The lowest BCUT2D eigenvalue weighted by atomic mass is 10.1. The van der Waals surface area contributed by atoms with Crippen LogP contribution in [-0.4, -0.2) is 42.9 Å². The zero-order valence-electron chi connectivity index (χ0n) is 11.3. The van der Waals surface area contributed by atoms with E-state index in [2.05, 4.69) is 10.4 Å². The zero-order chi connectivity index (χ0) is 13.7. The lowest BCUT2D eigenvalue weighted by Gasteiger charge is -2.24. The van der Waals surface area contributed by atoms with E-state index in [1.54, 1.807) is 0 Å². The quantitative estimate of drug-likeness (QED) is 0.843. The van der Waals surface area contributed by atoms with Gasteiger partial charge in [0.1, 0.15) is 0 Å². The van der Waals surface area contributed by atoms with Gasteiger partial charge in [0.25, 0.3) is 0 Å². The minimum absolute atomic E-state index is 0.0695. The van der Waals surface area contributed by atoms with Crippen molar-refractivity contribution in [2.24, 2.45) is 5.10 Å². The second kappa shape index (κ2) is 6.33. The van der Waals surface area contributed by atoms with Crippen molar-refractivity contribution in [3.05, 3.63) is 29.8 Å². The Balaban J connectivity index is 2.11. The van der Waals surface area contributed by atoms with Crippen LogP contribution in [0.5, 0.6) is 0 Å². The zero-order valence-corrected chi connectivity index (χ0v) is 11.3. The third-order valence-electron chi connectivity index (χ3n) is 2.88. The summed E-state index contributed by atoms with van der Waals surface area (Å²) >= 11 is 0. The Kier molecular flexibility index (Phi) is 4.52. The largest absolute Gasteiger partial charge is 0.378 e. The van der Waals surface area contributed by atoms with E-state index >= 15 is 0 Å². The Morgan fingerprint density at radius 2 is 2.05 bits per heavy atom. The highest BCUT2D eigenvalue weighted by Gasteiger charge is 2.08. The van der Waals surface area contributed by atoms with Crippen LogP contribution < -0.4 is 5.32 Å². The van der Waals surface area contributed by atoms with Gasteiger partial charge in [0.15, 0.2) is 0 Å². The standard InChI is InChI=1S/C14H19N3O2/c1-11(16-17-6-8-19-9-7-17)13-4-3-5-14(10-13)15-12(2)18/h3-5,10H,6-9H2,1-2H3,(H,15,18)/b16-11+. The first-order chi connectivity index (χ1) is 9.15. The van der Waals surface area contributed by atoms with Crippen LogP contribution in [0.15, 0.2) is 29.4 Å². The maximum absolute atomic E-state index is 11.0. The summed E-state index contributed by atoms with van der Waals surface area (Å²) in [6, 6.07) is 7.71. The molecule has 1 fully saturated rings. The summed E-state index contributed by atoms with van der Waals surface area (Å²) in [6.45, 7) is 6.57. The first kappa shape index (κ1) is 13.5. The van der Waals surface area contributed by atoms with Crippen LogP contribution in [0.1, 0.15) is 19.4 Å². The number of rotatable bonds is 3. The molecule has 2 rings (SSSR count). The summed E-state index contributed by atoms with van der Waals surface area (Å²) in [4.78, 5) is 11.0. The number of anilines is 1. The fourth-order valence-corrected chi connectivity index (χ4v) is 1.95. The Labute approximate surface area is 113 Å². The van der Waals surface area contributed by atoms with Crippen molar-refractivity contribution in [1.82, 2.24) is 5.01 Å². The minimum atomic E-state index is -0.0695. The number of carbonyl (C=O) groups is 1. The van der Waals surface area contributed by atoms with Gasteiger partial charge in [-0.2, -0.15) is 5.10 Å². The second-order valence-electron chi connectivity index (χ2n) is 4.51. The molecule has 102 valence electrons. The van der Waals surface area contributed by atoms with E-state index in [0.717, 1.165) is 43.3 Å². The van der Waals surface area contributed by atoms with Gasteiger partial charge in [0, 0.05) is 12.6 Å². The normalized spacial score (nSPS) is 16.3. The molecule has 0 radical (unpaired) electrons. The molecule has 1 amide bonds. The van der Waals surface area contributed by atoms with E-state index < -0.39 is 0 Å².